The molecule has 124 valence electrons. The molecule has 3 N–H and O–H groups in total. The van der Waals surface area contributed by atoms with Crippen LogP contribution in [0, 0.1) is 0 Å². The Hall–Kier alpha value is -2.11. The molecule has 0 aliphatic carbocycles. The van der Waals surface area contributed by atoms with E-state index >= 15 is 0 Å². The standard InChI is InChI=1S/C12H11BNO3.C5H5.Fe/c15-12(9-4-1-2-5-9)14-11-7-3-6-10(8-11)13(16)17;1-2-4-5-3-1;/h1-8,16-17H,(H,14,15);1-5H;/q-1;-5;. The molecule has 0 aliphatic heterocycles. The van der Waals surface area contributed by atoms with E-state index in [4.69, 9.17) is 10.0 Å². The second-order valence-electron chi connectivity index (χ2n) is 4.59. The third kappa shape index (κ3) is 6.26. The third-order valence-corrected chi connectivity index (χ3v) is 2.92. The van der Waals surface area contributed by atoms with Gasteiger partial charge in [-0.25, -0.2) is 12.1 Å². The number of hydrogen-bond donors (Lipinski definition) is 3. The van der Waals surface area contributed by atoms with Gasteiger partial charge in [0.2, 0.25) is 0 Å². The van der Waals surface area contributed by atoms with E-state index in [-0.39, 0.29) is 23.0 Å². The van der Waals surface area contributed by atoms with E-state index in [1.807, 2.05) is 30.3 Å². The Labute approximate surface area is 146 Å². The number of hydrogen-bond acceptors (Lipinski definition) is 3. The van der Waals surface area contributed by atoms with Gasteiger partial charge in [-0.15, -0.1) is 0 Å². The molecule has 0 saturated heterocycles. The molecule has 3 aromatic carbocycles. The summed E-state index contributed by atoms with van der Waals surface area (Å²) in [4.78, 5) is 11.7. The van der Waals surface area contributed by atoms with E-state index in [9.17, 15) is 4.79 Å². The van der Waals surface area contributed by atoms with Crippen molar-refractivity contribution >= 4 is 24.2 Å². The Morgan fingerprint density at radius 3 is 2.09 bits per heavy atom. The fraction of sp³-hybridized carbons (Fsp3) is 0. The van der Waals surface area contributed by atoms with Gasteiger partial charge in [-0.1, -0.05) is 17.7 Å². The zero-order valence-electron chi connectivity index (χ0n) is 12.2. The maximum atomic E-state index is 11.7. The van der Waals surface area contributed by atoms with Crippen LogP contribution in [0.15, 0.2) is 78.9 Å². The van der Waals surface area contributed by atoms with E-state index in [0.717, 1.165) is 0 Å². The van der Waals surface area contributed by atoms with Gasteiger partial charge in [-0.3, -0.25) is 4.79 Å². The van der Waals surface area contributed by atoms with Gasteiger partial charge in [0.05, 0.1) is 0 Å². The molecule has 0 radical (unpaired) electrons. The van der Waals surface area contributed by atoms with Crippen LogP contribution in [-0.4, -0.2) is 23.1 Å². The first-order chi connectivity index (χ1) is 10.7. The van der Waals surface area contributed by atoms with Gasteiger partial charge >= 0.3 is 7.12 Å². The number of rotatable bonds is 3. The molecule has 0 heterocycles. The number of amides is 1. The van der Waals surface area contributed by atoms with Crippen molar-refractivity contribution in [2.45, 2.75) is 0 Å². The van der Waals surface area contributed by atoms with Crippen molar-refractivity contribution in [3.8, 4) is 0 Å². The molecule has 0 aromatic heterocycles. The summed E-state index contributed by atoms with van der Waals surface area (Å²) in [7, 11) is -1.54. The molecule has 0 bridgehead atoms. The minimum Gasteiger partial charge on any atom is -0.748 e. The number of nitrogens with one attached hydrogen (secondary N) is 1. The Morgan fingerprint density at radius 2 is 1.57 bits per heavy atom. The molecule has 0 atom stereocenters. The SMILES string of the molecule is O=C(Nc1cccc(B(O)O)c1)[c-]1cccc1.[Fe].[cH-]1[cH-][cH-][cH-][cH-]1. The van der Waals surface area contributed by atoms with Crippen molar-refractivity contribution in [2.24, 2.45) is 0 Å². The number of carbonyl (C=O) groups excluding carboxylic acids is 1. The first-order valence-corrected chi connectivity index (χ1v) is 6.82. The minimum absolute atomic E-state index is 0. The first kappa shape index (κ1) is 18.9. The maximum Gasteiger partial charge on any atom is 0.488 e. The Balaban J connectivity index is 0.000000377. The third-order valence-electron chi connectivity index (χ3n) is 2.92. The van der Waals surface area contributed by atoms with Crippen molar-refractivity contribution < 1.29 is 31.9 Å². The maximum absolute atomic E-state index is 11.7. The van der Waals surface area contributed by atoms with Crippen LogP contribution in [0.2, 0.25) is 0 Å². The van der Waals surface area contributed by atoms with Crippen molar-refractivity contribution in [1.29, 1.82) is 0 Å². The summed E-state index contributed by atoms with van der Waals surface area (Å²) in [6.45, 7) is 0. The molecular weight excluding hydrogens is 333 g/mol. The zero-order valence-corrected chi connectivity index (χ0v) is 13.3. The Morgan fingerprint density at radius 1 is 1.00 bits per heavy atom. The minimum atomic E-state index is -1.54. The molecule has 0 unspecified atom stereocenters. The summed E-state index contributed by atoms with van der Waals surface area (Å²) in [5, 5.41) is 20.7. The zero-order chi connectivity index (χ0) is 15.8. The first-order valence-electron chi connectivity index (χ1n) is 6.82. The van der Waals surface area contributed by atoms with E-state index in [1.54, 1.807) is 42.5 Å². The van der Waals surface area contributed by atoms with Crippen LogP contribution in [0.5, 0.6) is 0 Å². The summed E-state index contributed by atoms with van der Waals surface area (Å²) in [6, 6.07) is 23.4. The van der Waals surface area contributed by atoms with Crippen LogP contribution >= 0.6 is 0 Å². The monoisotopic (exact) mass is 349 g/mol. The van der Waals surface area contributed by atoms with E-state index in [0.29, 0.717) is 16.7 Å². The number of carbonyl (C=O) groups is 1. The molecule has 6 heteroatoms. The number of anilines is 1. The van der Waals surface area contributed by atoms with E-state index in [2.05, 4.69) is 5.32 Å². The Bertz CT molecular complexity index is 664. The van der Waals surface area contributed by atoms with E-state index in [1.165, 1.54) is 6.07 Å². The average Bonchev–Trinajstić information content (AvgIpc) is 3.23. The van der Waals surface area contributed by atoms with Crippen molar-refractivity contribution in [2.75, 3.05) is 5.32 Å². The summed E-state index contributed by atoms with van der Waals surface area (Å²) >= 11 is 0. The van der Waals surface area contributed by atoms with Crippen LogP contribution < -0.4 is 10.8 Å². The molecule has 0 fully saturated rings. The fourth-order valence-electron chi connectivity index (χ4n) is 1.83. The smallest absolute Gasteiger partial charge is 0.488 e. The molecule has 23 heavy (non-hydrogen) atoms. The van der Waals surface area contributed by atoms with Gasteiger partial charge in [0, 0.05) is 22.8 Å². The Kier molecular flexibility index (Phi) is 8.09. The van der Waals surface area contributed by atoms with Gasteiger partial charge in [0.15, 0.2) is 5.91 Å². The molecule has 0 saturated carbocycles. The largest absolute Gasteiger partial charge is 0.748 e. The second kappa shape index (κ2) is 9.82. The van der Waals surface area contributed by atoms with Gasteiger partial charge in [0.1, 0.15) is 0 Å². The van der Waals surface area contributed by atoms with Crippen molar-refractivity contribution in [3.05, 3.63) is 84.4 Å². The van der Waals surface area contributed by atoms with Gasteiger partial charge < -0.3 is 45.7 Å². The van der Waals surface area contributed by atoms with Crippen molar-refractivity contribution in [3.63, 3.8) is 0 Å². The summed E-state index contributed by atoms with van der Waals surface area (Å²) < 4.78 is 0. The van der Waals surface area contributed by atoms with Gasteiger partial charge in [-0.2, -0.15) is 12.1 Å². The molecular formula is C17H16BFeNO3-6. The predicted octanol–water partition coefficient (Wildman–Crippen LogP) is 1.74. The summed E-state index contributed by atoms with van der Waals surface area (Å²) in [6.07, 6.45) is 0. The van der Waals surface area contributed by atoms with Crippen LogP contribution in [-0.2, 0) is 17.1 Å². The molecule has 3 aromatic rings. The second-order valence-corrected chi connectivity index (χ2v) is 4.59. The van der Waals surface area contributed by atoms with E-state index < -0.39 is 7.12 Å². The summed E-state index contributed by atoms with van der Waals surface area (Å²) in [5.74, 6) is -0.223. The van der Waals surface area contributed by atoms with Gasteiger partial charge in [0.25, 0.3) is 0 Å². The number of benzene rings is 1. The summed E-state index contributed by atoms with van der Waals surface area (Å²) in [5.41, 5.74) is 1.44. The molecule has 0 spiro atoms. The predicted molar refractivity (Wildman–Crippen MR) is 88.3 cm³/mol. The van der Waals surface area contributed by atoms with Crippen LogP contribution in [0.25, 0.3) is 0 Å². The molecule has 4 nitrogen and oxygen atoms in total. The van der Waals surface area contributed by atoms with Crippen LogP contribution in [0.3, 0.4) is 0 Å². The van der Waals surface area contributed by atoms with Crippen molar-refractivity contribution in [1.82, 2.24) is 0 Å². The van der Waals surface area contributed by atoms with Gasteiger partial charge in [-0.05, 0) is 17.6 Å². The quantitative estimate of drug-likeness (QED) is 0.499. The molecule has 3 rings (SSSR count). The van der Waals surface area contributed by atoms with Crippen LogP contribution in [0.1, 0.15) is 10.4 Å². The van der Waals surface area contributed by atoms with Crippen LogP contribution in [0.4, 0.5) is 5.69 Å². The fourth-order valence-corrected chi connectivity index (χ4v) is 1.83. The average molecular weight is 349 g/mol. The normalized spacial score (nSPS) is 9.13. The topological polar surface area (TPSA) is 69.6 Å². The molecule has 0 aliphatic rings. The molecule has 1 amide bonds.